The molecule has 2 aromatic rings. The fourth-order valence-electron chi connectivity index (χ4n) is 3.43. The first-order valence-corrected chi connectivity index (χ1v) is 9.28. The number of aromatic nitrogens is 2. The minimum atomic E-state index is -0.618. The lowest BCUT2D eigenvalue weighted by Crippen LogP contribution is -2.47. The van der Waals surface area contributed by atoms with E-state index in [0.29, 0.717) is 18.8 Å². The van der Waals surface area contributed by atoms with Gasteiger partial charge < -0.3 is 20.1 Å². The summed E-state index contributed by atoms with van der Waals surface area (Å²) in [5.41, 5.74) is 2.63. The van der Waals surface area contributed by atoms with Crippen molar-refractivity contribution >= 4 is 5.91 Å². The highest BCUT2D eigenvalue weighted by Crippen LogP contribution is 2.32. The Bertz CT molecular complexity index is 741. The molecule has 26 heavy (non-hydrogen) atoms. The van der Waals surface area contributed by atoms with Crippen molar-refractivity contribution in [3.63, 3.8) is 0 Å². The van der Waals surface area contributed by atoms with Crippen LogP contribution in [-0.4, -0.2) is 43.6 Å². The zero-order valence-electron chi connectivity index (χ0n) is 15.4. The van der Waals surface area contributed by atoms with Crippen molar-refractivity contribution < 1.29 is 15.0 Å². The van der Waals surface area contributed by atoms with Crippen molar-refractivity contribution in [3.05, 3.63) is 41.9 Å². The SMILES string of the molecule is CCC(C)C(=O)N1CCCC(O)C1c1ncc(-c2ccc(CO)cc2)[nH]1. The first-order valence-electron chi connectivity index (χ1n) is 9.28. The number of carbonyl (C=O) groups excluding carboxylic acids is 1. The summed E-state index contributed by atoms with van der Waals surface area (Å²) >= 11 is 0. The topological polar surface area (TPSA) is 89.5 Å². The van der Waals surface area contributed by atoms with E-state index in [1.807, 2.05) is 38.1 Å². The normalized spacial score (nSPS) is 21.6. The molecule has 1 aliphatic heterocycles. The van der Waals surface area contributed by atoms with Gasteiger partial charge in [0, 0.05) is 12.5 Å². The number of imidazole rings is 1. The molecular weight excluding hydrogens is 330 g/mol. The Labute approximate surface area is 153 Å². The first kappa shape index (κ1) is 18.6. The number of aliphatic hydroxyl groups excluding tert-OH is 2. The van der Waals surface area contributed by atoms with E-state index in [1.165, 1.54) is 0 Å². The maximum atomic E-state index is 12.8. The Balaban J connectivity index is 1.87. The lowest BCUT2D eigenvalue weighted by atomic mass is 9.95. The van der Waals surface area contributed by atoms with Crippen LogP contribution in [0.3, 0.4) is 0 Å². The summed E-state index contributed by atoms with van der Waals surface area (Å²) in [6, 6.07) is 7.13. The predicted molar refractivity (Wildman–Crippen MR) is 99.1 cm³/mol. The largest absolute Gasteiger partial charge is 0.392 e. The van der Waals surface area contributed by atoms with Gasteiger partial charge in [0.15, 0.2) is 0 Å². The van der Waals surface area contributed by atoms with Crippen LogP contribution in [0.4, 0.5) is 0 Å². The molecule has 3 atom stereocenters. The Morgan fingerprint density at radius 3 is 2.77 bits per heavy atom. The zero-order valence-corrected chi connectivity index (χ0v) is 15.4. The smallest absolute Gasteiger partial charge is 0.226 e. The third kappa shape index (κ3) is 3.66. The second-order valence-corrected chi connectivity index (χ2v) is 7.03. The summed E-state index contributed by atoms with van der Waals surface area (Å²) in [7, 11) is 0. The van der Waals surface area contributed by atoms with Gasteiger partial charge in [-0.25, -0.2) is 4.98 Å². The summed E-state index contributed by atoms with van der Waals surface area (Å²) in [4.78, 5) is 22.3. The second-order valence-electron chi connectivity index (χ2n) is 7.03. The predicted octanol–water partition coefficient (Wildman–Crippen LogP) is 2.64. The van der Waals surface area contributed by atoms with Crippen LogP contribution >= 0.6 is 0 Å². The van der Waals surface area contributed by atoms with E-state index in [-0.39, 0.29) is 18.4 Å². The molecule has 1 saturated heterocycles. The van der Waals surface area contributed by atoms with E-state index in [2.05, 4.69) is 9.97 Å². The molecule has 3 N–H and O–H groups in total. The highest BCUT2D eigenvalue weighted by Gasteiger charge is 2.37. The summed E-state index contributed by atoms with van der Waals surface area (Å²) < 4.78 is 0. The number of hydrogen-bond donors (Lipinski definition) is 3. The highest BCUT2D eigenvalue weighted by atomic mass is 16.3. The lowest BCUT2D eigenvalue weighted by Gasteiger charge is -2.39. The van der Waals surface area contributed by atoms with Gasteiger partial charge >= 0.3 is 0 Å². The van der Waals surface area contributed by atoms with Crippen molar-refractivity contribution in [2.75, 3.05) is 6.54 Å². The van der Waals surface area contributed by atoms with E-state index in [9.17, 15) is 9.90 Å². The van der Waals surface area contributed by atoms with Gasteiger partial charge in [-0.15, -0.1) is 0 Å². The number of carbonyl (C=O) groups is 1. The van der Waals surface area contributed by atoms with E-state index >= 15 is 0 Å². The summed E-state index contributed by atoms with van der Waals surface area (Å²) in [5, 5.41) is 19.7. The minimum absolute atomic E-state index is 0.00938. The molecule has 3 unspecified atom stereocenters. The van der Waals surface area contributed by atoms with E-state index < -0.39 is 12.1 Å². The molecule has 3 rings (SSSR count). The van der Waals surface area contributed by atoms with Crippen LogP contribution in [0.1, 0.15) is 50.5 Å². The Morgan fingerprint density at radius 1 is 1.38 bits per heavy atom. The van der Waals surface area contributed by atoms with Crippen LogP contribution in [0, 0.1) is 5.92 Å². The molecule has 1 aliphatic rings. The van der Waals surface area contributed by atoms with Crippen LogP contribution in [0.15, 0.2) is 30.5 Å². The van der Waals surface area contributed by atoms with Crippen LogP contribution in [0.25, 0.3) is 11.3 Å². The first-order chi connectivity index (χ1) is 12.5. The summed E-state index contributed by atoms with van der Waals surface area (Å²) in [6.07, 6.45) is 3.36. The molecular formula is C20H27N3O3. The highest BCUT2D eigenvalue weighted by molar-refractivity contribution is 5.79. The van der Waals surface area contributed by atoms with Crippen molar-refractivity contribution in [1.29, 1.82) is 0 Å². The number of hydrogen-bond acceptors (Lipinski definition) is 4. The molecule has 1 fully saturated rings. The van der Waals surface area contributed by atoms with E-state index in [0.717, 1.165) is 29.7 Å². The molecule has 140 valence electrons. The standard InChI is InChI=1S/C20H27N3O3/c1-3-13(2)20(26)23-10-4-5-17(25)18(23)19-21-11-16(22-19)15-8-6-14(12-24)7-9-15/h6-9,11,13,17-18,24-25H,3-5,10,12H2,1-2H3,(H,21,22). The molecule has 1 aromatic heterocycles. The molecule has 0 radical (unpaired) electrons. The number of rotatable bonds is 5. The Hall–Kier alpha value is -2.18. The number of benzene rings is 1. The Kier molecular flexibility index (Phi) is 5.74. The molecule has 6 nitrogen and oxygen atoms in total. The van der Waals surface area contributed by atoms with Gasteiger partial charge in [-0.05, 0) is 30.4 Å². The number of nitrogens with one attached hydrogen (secondary N) is 1. The van der Waals surface area contributed by atoms with E-state index in [4.69, 9.17) is 5.11 Å². The molecule has 0 bridgehead atoms. The number of aliphatic hydroxyl groups is 2. The van der Waals surface area contributed by atoms with Gasteiger partial charge in [0.2, 0.25) is 5.91 Å². The van der Waals surface area contributed by atoms with Crippen molar-refractivity contribution in [1.82, 2.24) is 14.9 Å². The number of amides is 1. The number of likely N-dealkylation sites (tertiary alicyclic amines) is 1. The van der Waals surface area contributed by atoms with Gasteiger partial charge in [-0.1, -0.05) is 38.1 Å². The quantitative estimate of drug-likeness (QED) is 0.767. The Morgan fingerprint density at radius 2 is 2.12 bits per heavy atom. The van der Waals surface area contributed by atoms with Gasteiger partial charge in [0.25, 0.3) is 0 Å². The van der Waals surface area contributed by atoms with Crippen LogP contribution in [0.2, 0.25) is 0 Å². The van der Waals surface area contributed by atoms with Gasteiger partial charge in [-0.3, -0.25) is 4.79 Å². The van der Waals surface area contributed by atoms with Crippen molar-refractivity contribution in [2.45, 2.75) is 51.9 Å². The number of nitrogens with zero attached hydrogens (tertiary/aromatic N) is 2. The summed E-state index contributed by atoms with van der Waals surface area (Å²) in [5.74, 6) is 0.625. The molecule has 0 saturated carbocycles. The van der Waals surface area contributed by atoms with Gasteiger partial charge in [-0.2, -0.15) is 0 Å². The molecule has 1 aromatic carbocycles. The minimum Gasteiger partial charge on any atom is -0.392 e. The van der Waals surface area contributed by atoms with Gasteiger partial charge in [0.05, 0.1) is 24.6 Å². The lowest BCUT2D eigenvalue weighted by molar-refractivity contribution is -0.143. The maximum absolute atomic E-state index is 12.8. The average Bonchev–Trinajstić information content (AvgIpc) is 3.16. The zero-order chi connectivity index (χ0) is 18.7. The second kappa shape index (κ2) is 8.01. The summed E-state index contributed by atoms with van der Waals surface area (Å²) in [6.45, 7) is 4.58. The molecule has 0 aliphatic carbocycles. The number of aromatic amines is 1. The molecule has 0 spiro atoms. The molecule has 2 heterocycles. The fourth-order valence-corrected chi connectivity index (χ4v) is 3.43. The molecule has 6 heteroatoms. The maximum Gasteiger partial charge on any atom is 0.226 e. The number of piperidine rings is 1. The third-order valence-electron chi connectivity index (χ3n) is 5.24. The van der Waals surface area contributed by atoms with E-state index in [1.54, 1.807) is 11.1 Å². The van der Waals surface area contributed by atoms with Crippen molar-refractivity contribution in [3.8, 4) is 11.3 Å². The fraction of sp³-hybridized carbons (Fsp3) is 0.500. The molecule has 1 amide bonds. The van der Waals surface area contributed by atoms with Crippen LogP contribution < -0.4 is 0 Å². The van der Waals surface area contributed by atoms with Gasteiger partial charge in [0.1, 0.15) is 11.9 Å². The monoisotopic (exact) mass is 357 g/mol. The third-order valence-corrected chi connectivity index (χ3v) is 5.24. The van der Waals surface area contributed by atoms with Crippen LogP contribution in [-0.2, 0) is 11.4 Å². The van der Waals surface area contributed by atoms with Crippen molar-refractivity contribution in [2.24, 2.45) is 5.92 Å². The average molecular weight is 357 g/mol. The van der Waals surface area contributed by atoms with Crippen LogP contribution in [0.5, 0.6) is 0 Å². The number of H-pyrrole nitrogens is 1.